The topological polar surface area (TPSA) is 65.0 Å². The predicted molar refractivity (Wildman–Crippen MR) is 109 cm³/mol. The van der Waals surface area contributed by atoms with Gasteiger partial charge in [0.25, 0.3) is 0 Å². The van der Waals surface area contributed by atoms with Gasteiger partial charge < -0.3 is 10.2 Å². The lowest BCUT2D eigenvalue weighted by Crippen LogP contribution is -2.41. The zero-order chi connectivity index (χ0) is 19.5. The van der Waals surface area contributed by atoms with Gasteiger partial charge in [-0.25, -0.2) is 12.7 Å². The van der Waals surface area contributed by atoms with Crippen molar-refractivity contribution in [3.8, 4) is 0 Å². The minimum absolute atomic E-state index is 0.350. The molecule has 27 heavy (non-hydrogen) atoms. The summed E-state index contributed by atoms with van der Waals surface area (Å²) in [6.45, 7) is 2.53. The van der Waals surface area contributed by atoms with E-state index in [1.807, 2.05) is 12.1 Å². The Kier molecular flexibility index (Phi) is 6.11. The SMILES string of the molecule is CN=C(NCc1ccccc1S(=O)(=O)N(C)C)N1CCC2(CCCCC2)C1. The van der Waals surface area contributed by atoms with Gasteiger partial charge in [0.2, 0.25) is 10.0 Å². The molecule has 0 radical (unpaired) electrons. The van der Waals surface area contributed by atoms with Crippen LogP contribution in [0, 0.1) is 5.41 Å². The first-order valence-corrected chi connectivity index (χ1v) is 11.3. The molecule has 2 fully saturated rings. The lowest BCUT2D eigenvalue weighted by molar-refractivity contribution is 0.203. The van der Waals surface area contributed by atoms with Crippen molar-refractivity contribution >= 4 is 16.0 Å². The lowest BCUT2D eigenvalue weighted by atomic mass is 9.73. The van der Waals surface area contributed by atoms with Crippen LogP contribution in [0.5, 0.6) is 0 Å². The minimum atomic E-state index is -3.46. The highest BCUT2D eigenvalue weighted by Crippen LogP contribution is 2.43. The van der Waals surface area contributed by atoms with E-state index in [9.17, 15) is 8.42 Å². The zero-order valence-corrected chi connectivity index (χ0v) is 17.6. The molecule has 1 aromatic rings. The van der Waals surface area contributed by atoms with Gasteiger partial charge in [0.05, 0.1) is 4.90 Å². The number of benzene rings is 1. The molecule has 6 nitrogen and oxygen atoms in total. The Morgan fingerprint density at radius 1 is 1.19 bits per heavy atom. The van der Waals surface area contributed by atoms with E-state index >= 15 is 0 Å². The molecule has 1 aliphatic heterocycles. The molecule has 0 amide bonds. The van der Waals surface area contributed by atoms with Crippen LogP contribution in [-0.4, -0.2) is 57.8 Å². The molecule has 0 atom stereocenters. The molecule has 0 unspecified atom stereocenters. The first kappa shape index (κ1) is 20.1. The minimum Gasteiger partial charge on any atom is -0.352 e. The van der Waals surface area contributed by atoms with E-state index < -0.39 is 10.0 Å². The van der Waals surface area contributed by atoms with Gasteiger partial charge >= 0.3 is 0 Å². The summed E-state index contributed by atoms with van der Waals surface area (Å²) in [5, 5.41) is 3.39. The quantitative estimate of drug-likeness (QED) is 0.632. The van der Waals surface area contributed by atoms with Crippen molar-refractivity contribution in [3.05, 3.63) is 29.8 Å². The van der Waals surface area contributed by atoms with Crippen molar-refractivity contribution in [2.75, 3.05) is 34.2 Å². The van der Waals surface area contributed by atoms with Crippen molar-refractivity contribution in [1.82, 2.24) is 14.5 Å². The average Bonchev–Trinajstić information content (AvgIpc) is 3.06. The van der Waals surface area contributed by atoms with Crippen molar-refractivity contribution in [1.29, 1.82) is 0 Å². The maximum Gasteiger partial charge on any atom is 0.242 e. The number of hydrogen-bond donors (Lipinski definition) is 1. The molecule has 2 aliphatic rings. The van der Waals surface area contributed by atoms with E-state index in [1.165, 1.54) is 42.8 Å². The molecule has 1 saturated heterocycles. The van der Waals surface area contributed by atoms with Crippen LogP contribution in [0.3, 0.4) is 0 Å². The molecule has 1 spiro atoms. The molecular formula is C20H32N4O2S. The van der Waals surface area contributed by atoms with Crippen LogP contribution in [-0.2, 0) is 16.6 Å². The first-order valence-electron chi connectivity index (χ1n) is 9.84. The van der Waals surface area contributed by atoms with Crippen LogP contribution < -0.4 is 5.32 Å². The highest BCUT2D eigenvalue weighted by atomic mass is 32.2. The number of nitrogens with zero attached hydrogens (tertiary/aromatic N) is 3. The van der Waals surface area contributed by atoms with E-state index in [1.54, 1.807) is 33.3 Å². The molecule has 0 aromatic heterocycles. The largest absolute Gasteiger partial charge is 0.352 e. The molecule has 1 aliphatic carbocycles. The molecular weight excluding hydrogens is 360 g/mol. The summed E-state index contributed by atoms with van der Waals surface area (Å²) in [5.41, 5.74) is 1.22. The highest BCUT2D eigenvalue weighted by molar-refractivity contribution is 7.89. The number of aliphatic imine (C=N–C) groups is 1. The fourth-order valence-corrected chi connectivity index (χ4v) is 5.55. The van der Waals surface area contributed by atoms with Gasteiger partial charge in [-0.1, -0.05) is 37.5 Å². The summed E-state index contributed by atoms with van der Waals surface area (Å²) in [6.07, 6.45) is 7.94. The molecule has 0 bridgehead atoms. The summed E-state index contributed by atoms with van der Waals surface area (Å²) in [7, 11) is 1.46. The Hall–Kier alpha value is -1.60. The summed E-state index contributed by atoms with van der Waals surface area (Å²) in [6, 6.07) is 7.18. The van der Waals surface area contributed by atoms with Crippen LogP contribution in [0.1, 0.15) is 44.1 Å². The monoisotopic (exact) mass is 392 g/mol. The molecule has 1 heterocycles. The Morgan fingerprint density at radius 2 is 1.89 bits per heavy atom. The molecule has 3 rings (SSSR count). The molecule has 1 N–H and O–H groups in total. The number of nitrogens with one attached hydrogen (secondary N) is 1. The summed E-state index contributed by atoms with van der Waals surface area (Å²) >= 11 is 0. The fraction of sp³-hybridized carbons (Fsp3) is 0.650. The summed E-state index contributed by atoms with van der Waals surface area (Å²) in [5.74, 6) is 0.870. The van der Waals surface area contributed by atoms with Crippen molar-refractivity contribution in [3.63, 3.8) is 0 Å². The maximum absolute atomic E-state index is 12.6. The molecule has 1 aromatic carbocycles. The third-order valence-electron chi connectivity index (χ3n) is 6.03. The molecule has 7 heteroatoms. The Bertz CT molecular complexity index is 783. The Balaban J connectivity index is 1.69. The van der Waals surface area contributed by atoms with Crippen LogP contribution in [0.15, 0.2) is 34.2 Å². The summed E-state index contributed by atoms with van der Waals surface area (Å²) in [4.78, 5) is 7.15. The van der Waals surface area contributed by atoms with Crippen LogP contribution in [0.4, 0.5) is 0 Å². The van der Waals surface area contributed by atoms with Gasteiger partial charge in [0, 0.05) is 40.8 Å². The zero-order valence-electron chi connectivity index (χ0n) is 16.7. The predicted octanol–water partition coefficient (Wildman–Crippen LogP) is 2.67. The van der Waals surface area contributed by atoms with Gasteiger partial charge in [-0.3, -0.25) is 4.99 Å². The number of guanidine groups is 1. The highest BCUT2D eigenvalue weighted by Gasteiger charge is 2.39. The normalized spacial score (nSPS) is 20.4. The van der Waals surface area contributed by atoms with Crippen molar-refractivity contribution in [2.45, 2.75) is 50.0 Å². The first-order chi connectivity index (χ1) is 12.9. The van der Waals surface area contributed by atoms with Crippen LogP contribution in [0.2, 0.25) is 0 Å². The number of likely N-dealkylation sites (tertiary alicyclic amines) is 1. The van der Waals surface area contributed by atoms with Gasteiger partial charge in [-0.2, -0.15) is 0 Å². The van der Waals surface area contributed by atoms with Crippen molar-refractivity contribution < 1.29 is 8.42 Å². The van der Waals surface area contributed by atoms with E-state index in [-0.39, 0.29) is 0 Å². The number of hydrogen-bond acceptors (Lipinski definition) is 3. The van der Waals surface area contributed by atoms with Crippen molar-refractivity contribution in [2.24, 2.45) is 10.4 Å². The Morgan fingerprint density at radius 3 is 2.56 bits per heavy atom. The fourth-order valence-electron chi connectivity index (χ4n) is 4.43. The van der Waals surface area contributed by atoms with E-state index in [0.717, 1.165) is 24.6 Å². The standard InChI is InChI=1S/C20H32N4O2S/c1-21-19(24-14-13-20(16-24)11-7-4-8-12-20)22-15-17-9-5-6-10-18(17)27(25,26)23(2)3/h5-6,9-10H,4,7-8,11-16H2,1-3H3,(H,21,22). The lowest BCUT2D eigenvalue weighted by Gasteiger charge is -2.33. The van der Waals surface area contributed by atoms with Gasteiger partial charge in [-0.15, -0.1) is 0 Å². The van der Waals surface area contributed by atoms with Gasteiger partial charge in [0.1, 0.15) is 0 Å². The second-order valence-corrected chi connectivity index (χ2v) is 10.1. The number of sulfonamides is 1. The van der Waals surface area contributed by atoms with Crippen LogP contribution >= 0.6 is 0 Å². The Labute approximate surface area is 163 Å². The second kappa shape index (κ2) is 8.19. The average molecular weight is 393 g/mol. The smallest absolute Gasteiger partial charge is 0.242 e. The third-order valence-corrected chi connectivity index (χ3v) is 7.95. The molecule has 1 saturated carbocycles. The number of rotatable bonds is 4. The van der Waals surface area contributed by atoms with E-state index in [2.05, 4.69) is 15.2 Å². The third kappa shape index (κ3) is 4.29. The second-order valence-electron chi connectivity index (χ2n) is 8.03. The van der Waals surface area contributed by atoms with E-state index in [0.29, 0.717) is 16.9 Å². The molecule has 150 valence electrons. The van der Waals surface area contributed by atoms with Crippen LogP contribution in [0.25, 0.3) is 0 Å². The van der Waals surface area contributed by atoms with Gasteiger partial charge in [0.15, 0.2) is 5.96 Å². The van der Waals surface area contributed by atoms with Gasteiger partial charge in [-0.05, 0) is 36.3 Å². The maximum atomic E-state index is 12.6. The summed E-state index contributed by atoms with van der Waals surface area (Å²) < 4.78 is 26.4. The van der Waals surface area contributed by atoms with E-state index in [4.69, 9.17) is 0 Å².